The van der Waals surface area contributed by atoms with Crippen molar-refractivity contribution in [3.8, 4) is 0 Å². The molecule has 2 N–H and O–H groups in total. The second kappa shape index (κ2) is 5.85. The summed E-state index contributed by atoms with van der Waals surface area (Å²) >= 11 is 0. The van der Waals surface area contributed by atoms with Crippen LogP contribution in [0.15, 0.2) is 12.4 Å². The standard InChI is InChI=1S/C10H19N3O2/c1-7(9-5-11-12-6-9)13-8(2)10(14-3)15-4/h5-8,10,13H,1-4H3,(H,11,12). The molecular weight excluding hydrogens is 194 g/mol. The summed E-state index contributed by atoms with van der Waals surface area (Å²) in [6.45, 7) is 4.10. The van der Waals surface area contributed by atoms with Crippen LogP contribution in [0, 0.1) is 0 Å². The van der Waals surface area contributed by atoms with Gasteiger partial charge in [0.2, 0.25) is 0 Å². The van der Waals surface area contributed by atoms with Gasteiger partial charge in [0.1, 0.15) is 0 Å². The molecule has 0 bridgehead atoms. The molecule has 0 saturated heterocycles. The van der Waals surface area contributed by atoms with Crippen LogP contribution < -0.4 is 5.32 Å². The van der Waals surface area contributed by atoms with Crippen molar-refractivity contribution in [3.05, 3.63) is 18.0 Å². The molecule has 1 aromatic heterocycles. The van der Waals surface area contributed by atoms with Gasteiger partial charge < -0.3 is 14.8 Å². The monoisotopic (exact) mass is 213 g/mol. The Morgan fingerprint density at radius 1 is 1.33 bits per heavy atom. The molecule has 0 amide bonds. The van der Waals surface area contributed by atoms with Gasteiger partial charge in [0.05, 0.1) is 12.2 Å². The normalized spacial score (nSPS) is 15.5. The van der Waals surface area contributed by atoms with Gasteiger partial charge in [0, 0.05) is 32.0 Å². The molecule has 5 nitrogen and oxygen atoms in total. The first-order valence-electron chi connectivity index (χ1n) is 4.99. The largest absolute Gasteiger partial charge is 0.354 e. The molecule has 86 valence electrons. The van der Waals surface area contributed by atoms with E-state index in [0.29, 0.717) is 0 Å². The molecule has 1 aromatic rings. The molecule has 0 aromatic carbocycles. The average molecular weight is 213 g/mol. The van der Waals surface area contributed by atoms with E-state index in [4.69, 9.17) is 9.47 Å². The highest BCUT2D eigenvalue weighted by Crippen LogP contribution is 2.11. The van der Waals surface area contributed by atoms with Gasteiger partial charge in [-0.25, -0.2) is 0 Å². The summed E-state index contributed by atoms with van der Waals surface area (Å²) in [4.78, 5) is 0. The molecule has 0 saturated carbocycles. The van der Waals surface area contributed by atoms with Crippen LogP contribution in [0.1, 0.15) is 25.5 Å². The highest BCUT2D eigenvalue weighted by atomic mass is 16.7. The molecule has 5 heteroatoms. The number of aromatic amines is 1. The zero-order valence-corrected chi connectivity index (χ0v) is 9.65. The van der Waals surface area contributed by atoms with Crippen molar-refractivity contribution >= 4 is 0 Å². The number of H-pyrrole nitrogens is 1. The lowest BCUT2D eigenvalue weighted by molar-refractivity contribution is -0.120. The highest BCUT2D eigenvalue weighted by Gasteiger charge is 2.18. The molecule has 2 unspecified atom stereocenters. The topological polar surface area (TPSA) is 59.2 Å². The first kappa shape index (κ1) is 12.2. The zero-order chi connectivity index (χ0) is 11.3. The molecule has 0 fully saturated rings. The predicted molar refractivity (Wildman–Crippen MR) is 57.4 cm³/mol. The van der Waals surface area contributed by atoms with Crippen molar-refractivity contribution in [1.29, 1.82) is 0 Å². The summed E-state index contributed by atoms with van der Waals surface area (Å²) in [5.41, 5.74) is 1.12. The fourth-order valence-electron chi connectivity index (χ4n) is 1.57. The van der Waals surface area contributed by atoms with E-state index in [1.807, 2.05) is 13.1 Å². The van der Waals surface area contributed by atoms with Gasteiger partial charge in [-0.15, -0.1) is 0 Å². The van der Waals surface area contributed by atoms with Crippen LogP contribution in [0.4, 0.5) is 0 Å². The zero-order valence-electron chi connectivity index (χ0n) is 9.65. The third-order valence-electron chi connectivity index (χ3n) is 2.41. The maximum atomic E-state index is 5.17. The van der Waals surface area contributed by atoms with Gasteiger partial charge in [-0.3, -0.25) is 5.10 Å². The van der Waals surface area contributed by atoms with Crippen molar-refractivity contribution in [1.82, 2.24) is 15.5 Å². The first-order chi connectivity index (χ1) is 7.19. The van der Waals surface area contributed by atoms with Crippen LogP contribution >= 0.6 is 0 Å². The quantitative estimate of drug-likeness (QED) is 0.694. The first-order valence-corrected chi connectivity index (χ1v) is 4.99. The van der Waals surface area contributed by atoms with E-state index >= 15 is 0 Å². The second-order valence-electron chi connectivity index (χ2n) is 3.55. The van der Waals surface area contributed by atoms with Crippen LogP contribution in [-0.4, -0.2) is 36.7 Å². The Balaban J connectivity index is 2.47. The molecule has 1 rings (SSSR count). The molecule has 0 aliphatic rings. The van der Waals surface area contributed by atoms with Crippen LogP contribution in [0.3, 0.4) is 0 Å². The van der Waals surface area contributed by atoms with E-state index in [1.165, 1.54) is 0 Å². The Labute approximate surface area is 90.2 Å². The number of rotatable bonds is 6. The van der Waals surface area contributed by atoms with Crippen LogP contribution in [0.25, 0.3) is 0 Å². The molecule has 1 heterocycles. The van der Waals surface area contributed by atoms with E-state index in [1.54, 1.807) is 20.4 Å². The smallest absolute Gasteiger partial charge is 0.171 e. The van der Waals surface area contributed by atoms with Gasteiger partial charge in [-0.1, -0.05) is 0 Å². The Morgan fingerprint density at radius 3 is 2.47 bits per heavy atom. The summed E-state index contributed by atoms with van der Waals surface area (Å²) in [5, 5.41) is 10.1. The lowest BCUT2D eigenvalue weighted by atomic mass is 10.1. The number of ether oxygens (including phenoxy) is 2. The van der Waals surface area contributed by atoms with E-state index < -0.39 is 0 Å². The minimum absolute atomic E-state index is 0.116. The van der Waals surface area contributed by atoms with Crippen molar-refractivity contribution in [2.45, 2.75) is 32.2 Å². The van der Waals surface area contributed by atoms with Gasteiger partial charge in [0.15, 0.2) is 6.29 Å². The number of hydrogen-bond donors (Lipinski definition) is 2. The average Bonchev–Trinajstić information content (AvgIpc) is 2.72. The van der Waals surface area contributed by atoms with Crippen molar-refractivity contribution in [2.75, 3.05) is 14.2 Å². The van der Waals surface area contributed by atoms with Gasteiger partial charge >= 0.3 is 0 Å². The Hall–Kier alpha value is -0.910. The number of nitrogens with zero attached hydrogens (tertiary/aromatic N) is 1. The summed E-state index contributed by atoms with van der Waals surface area (Å²) in [7, 11) is 3.27. The minimum atomic E-state index is -0.237. The third kappa shape index (κ3) is 3.30. The van der Waals surface area contributed by atoms with Crippen molar-refractivity contribution in [3.63, 3.8) is 0 Å². The summed E-state index contributed by atoms with van der Waals surface area (Å²) in [6, 6.07) is 0.330. The van der Waals surface area contributed by atoms with Gasteiger partial charge in [0.25, 0.3) is 0 Å². The van der Waals surface area contributed by atoms with Crippen LogP contribution in [0.5, 0.6) is 0 Å². The van der Waals surface area contributed by atoms with Gasteiger partial charge in [-0.05, 0) is 13.8 Å². The number of hydrogen-bond acceptors (Lipinski definition) is 4. The number of nitrogens with one attached hydrogen (secondary N) is 2. The fourth-order valence-corrected chi connectivity index (χ4v) is 1.57. The maximum absolute atomic E-state index is 5.17. The SMILES string of the molecule is COC(OC)C(C)NC(C)c1cn[nH]c1. The molecule has 0 aliphatic carbocycles. The summed E-state index contributed by atoms with van der Waals surface area (Å²) < 4.78 is 10.3. The molecule has 0 aliphatic heterocycles. The Kier molecular flexibility index (Phi) is 4.74. The molecule has 2 atom stereocenters. The third-order valence-corrected chi connectivity index (χ3v) is 2.41. The highest BCUT2D eigenvalue weighted by molar-refractivity contribution is 5.08. The molecular formula is C10H19N3O2. The number of methoxy groups -OCH3 is 2. The number of aromatic nitrogens is 2. The lowest BCUT2D eigenvalue weighted by Crippen LogP contribution is -2.40. The van der Waals surface area contributed by atoms with Crippen LogP contribution in [0.2, 0.25) is 0 Å². The Morgan fingerprint density at radius 2 is 2.00 bits per heavy atom. The molecule has 0 spiro atoms. The summed E-state index contributed by atoms with van der Waals surface area (Å²) in [6.07, 6.45) is 3.44. The predicted octanol–water partition coefficient (Wildman–Crippen LogP) is 1.07. The minimum Gasteiger partial charge on any atom is -0.354 e. The van der Waals surface area contributed by atoms with E-state index in [0.717, 1.165) is 5.56 Å². The van der Waals surface area contributed by atoms with E-state index in [9.17, 15) is 0 Å². The lowest BCUT2D eigenvalue weighted by Gasteiger charge is -2.25. The van der Waals surface area contributed by atoms with Gasteiger partial charge in [-0.2, -0.15) is 5.10 Å². The second-order valence-corrected chi connectivity index (χ2v) is 3.55. The summed E-state index contributed by atoms with van der Waals surface area (Å²) in [5.74, 6) is 0. The fraction of sp³-hybridized carbons (Fsp3) is 0.700. The van der Waals surface area contributed by atoms with Crippen LogP contribution in [-0.2, 0) is 9.47 Å². The molecule has 0 radical (unpaired) electrons. The molecule has 15 heavy (non-hydrogen) atoms. The van der Waals surface area contributed by atoms with E-state index in [2.05, 4.69) is 22.4 Å². The maximum Gasteiger partial charge on any atom is 0.171 e. The Bertz CT molecular complexity index is 260. The van der Waals surface area contributed by atoms with Crippen molar-refractivity contribution < 1.29 is 9.47 Å². The van der Waals surface area contributed by atoms with E-state index in [-0.39, 0.29) is 18.4 Å². The van der Waals surface area contributed by atoms with Crippen molar-refractivity contribution in [2.24, 2.45) is 0 Å².